The molecule has 0 spiro atoms. The maximum absolute atomic E-state index is 12.9. The van der Waals surface area contributed by atoms with Crippen LogP contribution in [-0.4, -0.2) is 32.7 Å². The van der Waals surface area contributed by atoms with Crippen molar-refractivity contribution in [3.8, 4) is 16.9 Å². The number of primary amides is 1. The highest BCUT2D eigenvalue weighted by molar-refractivity contribution is 6.34. The molecule has 0 saturated heterocycles. The number of carboxylic acid groups (broad SMARTS) is 1. The summed E-state index contributed by atoms with van der Waals surface area (Å²) < 4.78 is 1.68. The monoisotopic (exact) mass is 540 g/mol. The Morgan fingerprint density at radius 2 is 1.82 bits per heavy atom. The Kier molecular flexibility index (Phi) is 7.04. The van der Waals surface area contributed by atoms with Crippen molar-refractivity contribution in [1.29, 1.82) is 0 Å². The summed E-state index contributed by atoms with van der Waals surface area (Å²) in [6.07, 6.45) is 3.30. The van der Waals surface area contributed by atoms with Crippen LogP contribution in [0.2, 0.25) is 5.02 Å². The zero-order valence-corrected chi connectivity index (χ0v) is 21.8. The largest absolute Gasteiger partial charge is 0.478 e. The van der Waals surface area contributed by atoms with Crippen LogP contribution in [0.3, 0.4) is 0 Å². The van der Waals surface area contributed by atoms with Gasteiger partial charge in [-0.25, -0.2) is 9.48 Å². The SMILES string of the molecule is CCC(=Cc1ccc(-n2nc(C(N)=O)c3c2-c2cc(NC(=O)c4ccccc4Cl)ccc2CC3)cc1)C(=O)O. The topological polar surface area (TPSA) is 127 Å². The normalized spacial score (nSPS) is 12.4. The number of halogens is 1. The molecule has 1 aromatic heterocycles. The first kappa shape index (κ1) is 25.9. The maximum atomic E-state index is 12.9. The second-order valence-corrected chi connectivity index (χ2v) is 9.58. The second-order valence-electron chi connectivity index (χ2n) is 9.18. The first-order chi connectivity index (χ1) is 18.8. The van der Waals surface area contributed by atoms with Gasteiger partial charge < -0.3 is 16.2 Å². The van der Waals surface area contributed by atoms with Crippen molar-refractivity contribution in [3.05, 3.63) is 105 Å². The van der Waals surface area contributed by atoms with Crippen LogP contribution in [0.5, 0.6) is 0 Å². The van der Waals surface area contributed by atoms with E-state index in [-0.39, 0.29) is 11.6 Å². The molecule has 5 rings (SSSR count). The second kappa shape index (κ2) is 10.6. The van der Waals surface area contributed by atoms with Crippen LogP contribution in [-0.2, 0) is 17.6 Å². The van der Waals surface area contributed by atoms with Gasteiger partial charge in [-0.05, 0) is 72.9 Å². The van der Waals surface area contributed by atoms with Gasteiger partial charge in [-0.2, -0.15) is 5.10 Å². The molecule has 1 aliphatic carbocycles. The molecular weight excluding hydrogens is 516 g/mol. The molecule has 0 unspecified atom stereocenters. The Bertz CT molecular complexity index is 1650. The Morgan fingerprint density at radius 1 is 1.08 bits per heavy atom. The van der Waals surface area contributed by atoms with E-state index >= 15 is 0 Å². The molecule has 1 heterocycles. The summed E-state index contributed by atoms with van der Waals surface area (Å²) in [5.74, 6) is -1.91. The number of hydrogen-bond donors (Lipinski definition) is 3. The number of aliphatic carboxylic acids is 1. The molecule has 0 bridgehead atoms. The van der Waals surface area contributed by atoms with Crippen molar-refractivity contribution in [2.45, 2.75) is 26.2 Å². The van der Waals surface area contributed by atoms with E-state index in [1.54, 1.807) is 54.1 Å². The van der Waals surface area contributed by atoms with Crippen molar-refractivity contribution in [1.82, 2.24) is 9.78 Å². The average molecular weight is 541 g/mol. The lowest BCUT2D eigenvalue weighted by molar-refractivity contribution is -0.132. The molecule has 0 atom stereocenters. The number of anilines is 1. The Morgan fingerprint density at radius 3 is 2.49 bits per heavy atom. The summed E-state index contributed by atoms with van der Waals surface area (Å²) in [6.45, 7) is 1.79. The van der Waals surface area contributed by atoms with Crippen molar-refractivity contribution >= 4 is 41.1 Å². The smallest absolute Gasteiger partial charge is 0.331 e. The minimum atomic E-state index is -0.956. The van der Waals surface area contributed by atoms with Gasteiger partial charge in [0, 0.05) is 22.4 Å². The molecule has 0 saturated carbocycles. The molecule has 1 aliphatic rings. The zero-order valence-electron chi connectivity index (χ0n) is 21.1. The number of rotatable bonds is 7. The highest BCUT2D eigenvalue weighted by Crippen LogP contribution is 2.38. The lowest BCUT2D eigenvalue weighted by Gasteiger charge is -2.20. The molecule has 0 radical (unpaired) electrons. The molecular formula is C30H25ClN4O4. The number of aryl methyl sites for hydroxylation is 1. The number of hydrogen-bond acceptors (Lipinski definition) is 4. The van der Waals surface area contributed by atoms with Gasteiger partial charge in [0.25, 0.3) is 11.8 Å². The number of aromatic nitrogens is 2. The van der Waals surface area contributed by atoms with E-state index in [2.05, 4.69) is 10.4 Å². The molecule has 0 fully saturated rings. The summed E-state index contributed by atoms with van der Waals surface area (Å²) in [6, 6.07) is 19.7. The van der Waals surface area contributed by atoms with E-state index < -0.39 is 11.9 Å². The fourth-order valence-electron chi connectivity index (χ4n) is 4.77. The predicted octanol–water partition coefficient (Wildman–Crippen LogP) is 5.52. The highest BCUT2D eigenvalue weighted by atomic mass is 35.5. The van der Waals surface area contributed by atoms with Gasteiger partial charge in [-0.15, -0.1) is 0 Å². The number of benzene rings is 3. The van der Waals surface area contributed by atoms with Crippen molar-refractivity contribution in [2.75, 3.05) is 5.32 Å². The summed E-state index contributed by atoms with van der Waals surface area (Å²) in [5.41, 5.74) is 11.9. The number of amides is 2. The van der Waals surface area contributed by atoms with Crippen LogP contribution < -0.4 is 11.1 Å². The molecule has 196 valence electrons. The number of carboxylic acids is 1. The molecule has 2 amide bonds. The minimum Gasteiger partial charge on any atom is -0.478 e. The molecule has 3 aromatic carbocycles. The summed E-state index contributed by atoms with van der Waals surface area (Å²) in [7, 11) is 0. The van der Waals surface area contributed by atoms with Crippen molar-refractivity contribution in [3.63, 3.8) is 0 Å². The summed E-state index contributed by atoms with van der Waals surface area (Å²) in [5, 5.41) is 17.2. The molecule has 4 N–H and O–H groups in total. The van der Waals surface area contributed by atoms with Crippen LogP contribution in [0.1, 0.15) is 50.9 Å². The number of nitrogens with one attached hydrogen (secondary N) is 1. The Hall–Kier alpha value is -4.69. The maximum Gasteiger partial charge on any atom is 0.331 e. The van der Waals surface area contributed by atoms with Crippen LogP contribution in [0.25, 0.3) is 23.0 Å². The predicted molar refractivity (Wildman–Crippen MR) is 150 cm³/mol. The molecule has 39 heavy (non-hydrogen) atoms. The standard InChI is InChI=1S/C30H25ClN4O4/c1-2-18(30(38)39)15-17-7-12-21(13-8-17)35-27-23(26(34-35)28(32)36)14-10-19-9-11-20(16-24(19)27)33-29(37)22-5-3-4-6-25(22)31/h3-9,11-13,15-16H,2,10,14H2,1H3,(H2,32,36)(H,33,37)(H,38,39). The number of nitrogens with two attached hydrogens (primary N) is 1. The zero-order chi connectivity index (χ0) is 27.7. The van der Waals surface area contributed by atoms with Gasteiger partial charge in [0.2, 0.25) is 0 Å². The third-order valence-electron chi connectivity index (χ3n) is 6.74. The van der Waals surface area contributed by atoms with Crippen LogP contribution in [0.15, 0.2) is 72.3 Å². The lowest BCUT2D eigenvalue weighted by atomic mass is 9.88. The molecule has 0 aliphatic heterocycles. The molecule has 9 heteroatoms. The number of fused-ring (bicyclic) bond motifs is 3. The van der Waals surface area contributed by atoms with E-state index in [0.717, 1.165) is 27.9 Å². The van der Waals surface area contributed by atoms with E-state index in [0.29, 0.717) is 46.8 Å². The van der Waals surface area contributed by atoms with Gasteiger partial charge in [0.05, 0.1) is 22.0 Å². The Labute approximate surface area is 229 Å². The Balaban J connectivity index is 1.56. The quantitative estimate of drug-likeness (QED) is 0.266. The van der Waals surface area contributed by atoms with E-state index in [4.69, 9.17) is 17.3 Å². The minimum absolute atomic E-state index is 0.198. The van der Waals surface area contributed by atoms with Crippen LogP contribution in [0, 0.1) is 0 Å². The molecule has 8 nitrogen and oxygen atoms in total. The number of carbonyl (C=O) groups excluding carboxylic acids is 2. The van der Waals surface area contributed by atoms with Gasteiger partial charge in [0.1, 0.15) is 0 Å². The number of carbonyl (C=O) groups is 3. The van der Waals surface area contributed by atoms with E-state index in [1.807, 2.05) is 30.3 Å². The summed E-state index contributed by atoms with van der Waals surface area (Å²) >= 11 is 6.20. The molecule has 4 aromatic rings. The third-order valence-corrected chi connectivity index (χ3v) is 7.07. The van der Waals surface area contributed by atoms with Crippen LogP contribution >= 0.6 is 11.6 Å². The van der Waals surface area contributed by atoms with Gasteiger partial charge in [0.15, 0.2) is 5.69 Å². The fraction of sp³-hybridized carbons (Fsp3) is 0.133. The number of nitrogens with zero attached hydrogens (tertiary/aromatic N) is 2. The average Bonchev–Trinajstić information content (AvgIpc) is 3.33. The van der Waals surface area contributed by atoms with Crippen LogP contribution in [0.4, 0.5) is 5.69 Å². The summed E-state index contributed by atoms with van der Waals surface area (Å²) in [4.78, 5) is 36.6. The van der Waals surface area contributed by atoms with Crippen molar-refractivity contribution in [2.24, 2.45) is 5.73 Å². The fourth-order valence-corrected chi connectivity index (χ4v) is 4.99. The van der Waals surface area contributed by atoms with E-state index in [1.165, 1.54) is 0 Å². The van der Waals surface area contributed by atoms with Crippen molar-refractivity contribution < 1.29 is 19.5 Å². The van der Waals surface area contributed by atoms with Gasteiger partial charge >= 0.3 is 5.97 Å². The highest BCUT2D eigenvalue weighted by Gasteiger charge is 2.28. The van der Waals surface area contributed by atoms with Gasteiger partial charge in [-0.1, -0.05) is 48.9 Å². The third kappa shape index (κ3) is 5.06. The van der Waals surface area contributed by atoms with Gasteiger partial charge in [-0.3, -0.25) is 9.59 Å². The van der Waals surface area contributed by atoms with E-state index in [9.17, 15) is 19.5 Å². The lowest BCUT2D eigenvalue weighted by Crippen LogP contribution is -2.15. The first-order valence-corrected chi connectivity index (χ1v) is 12.8. The first-order valence-electron chi connectivity index (χ1n) is 12.4.